The van der Waals surface area contributed by atoms with Gasteiger partial charge in [0.25, 0.3) is 11.2 Å². The van der Waals surface area contributed by atoms with Crippen molar-refractivity contribution in [1.82, 2.24) is 4.90 Å². The smallest absolute Gasteiger partial charge is 0.308 e. The standard InChI is InChI=1S/C19H26F2NO8S.Rf/c1-8(2)16(24)30-14-10-6-9-11(15(23)22(13(9)14)18(3,4)5)12(10)17(25)29-7-19(20,21)31(26,27)28;/h7-14H,6H2,1-5H3,(H,26,27,28);/q-1;/p-1. The van der Waals surface area contributed by atoms with Crippen molar-refractivity contribution in [2.24, 2.45) is 29.6 Å². The molecule has 0 spiro atoms. The Morgan fingerprint density at radius 1 is 1.22 bits per heavy atom. The Morgan fingerprint density at radius 2 is 1.78 bits per heavy atom. The van der Waals surface area contributed by atoms with Crippen LogP contribution in [0.1, 0.15) is 41.0 Å². The van der Waals surface area contributed by atoms with E-state index in [4.69, 9.17) is 4.74 Å². The predicted octanol–water partition coefficient (Wildman–Crippen LogP) is 1.29. The molecule has 0 aromatic rings. The predicted molar refractivity (Wildman–Crippen MR) is 98.7 cm³/mol. The largest absolute Gasteiger partial charge is 0.746 e. The molecule has 6 unspecified atom stereocenters. The van der Waals surface area contributed by atoms with Crippen molar-refractivity contribution in [1.29, 1.82) is 0 Å². The Hall–Kier alpha value is -2.82. The van der Waals surface area contributed by atoms with E-state index < -0.39 is 75.3 Å². The van der Waals surface area contributed by atoms with Gasteiger partial charge in [-0.3, -0.25) is 14.4 Å². The number of hydrogen-bond acceptors (Lipinski definition) is 8. The van der Waals surface area contributed by atoms with Crippen molar-refractivity contribution in [2.75, 3.05) is 0 Å². The number of amides is 1. The molecule has 1 aliphatic heterocycles. The van der Waals surface area contributed by atoms with Crippen molar-refractivity contribution >= 4 is 28.0 Å². The van der Waals surface area contributed by atoms with Crippen molar-refractivity contribution in [3.05, 3.63) is 6.61 Å². The molecule has 3 fully saturated rings. The second kappa shape index (κ2) is 7.65. The molecule has 9 nitrogen and oxygen atoms in total. The van der Waals surface area contributed by atoms with Gasteiger partial charge >= 0.3 is 5.97 Å². The molecular formula is C19H25F2NO8RfS-2. The summed E-state index contributed by atoms with van der Waals surface area (Å²) in [6.45, 7) is 8.04. The minimum Gasteiger partial charge on any atom is -0.746 e. The second-order valence-electron chi connectivity index (χ2n) is 9.61. The van der Waals surface area contributed by atoms with Crippen molar-refractivity contribution in [3.8, 4) is 0 Å². The first-order chi connectivity index (χ1) is 14.0. The van der Waals surface area contributed by atoms with E-state index in [-0.39, 0.29) is 11.8 Å². The minimum absolute atomic E-state index is 0. The number of likely N-dealkylation sites (tertiary alicyclic amines) is 1. The average Bonchev–Trinajstić information content (AvgIpc) is 3.20. The molecular weight excluding hydrogens is 707 g/mol. The first-order valence-corrected chi connectivity index (χ1v) is 11.3. The topological polar surface area (TPSA) is 130 Å². The molecule has 0 radical (unpaired) electrons. The van der Waals surface area contributed by atoms with Crippen LogP contribution in [0.2, 0.25) is 0 Å². The van der Waals surface area contributed by atoms with Crippen LogP contribution in [0.25, 0.3) is 0 Å². The molecule has 0 N–H and O–H groups in total. The zero-order valence-electron chi connectivity index (χ0n) is 18.4. The van der Waals surface area contributed by atoms with Gasteiger partial charge in [-0.15, -0.1) is 0 Å². The summed E-state index contributed by atoms with van der Waals surface area (Å²) in [6.07, 6.45) is -0.484. The van der Waals surface area contributed by atoms with Crippen molar-refractivity contribution in [2.45, 2.75) is 64.0 Å². The fourth-order valence-corrected chi connectivity index (χ4v) is 5.27. The molecule has 13 heteroatoms. The third kappa shape index (κ3) is 3.78. The maximum Gasteiger partial charge on any atom is 0.308 e. The van der Waals surface area contributed by atoms with Gasteiger partial charge in [0.2, 0.25) is 5.91 Å². The number of carbonyl (C=O) groups excluding carboxylic acids is 3. The molecule has 0 aromatic carbocycles. The van der Waals surface area contributed by atoms with E-state index in [1.807, 2.05) is 0 Å². The molecule has 2 bridgehead atoms. The van der Waals surface area contributed by atoms with Crippen LogP contribution in [0.4, 0.5) is 8.78 Å². The fraction of sp³-hybridized carbons (Fsp3) is 0.789. The Morgan fingerprint density at radius 3 is 2.25 bits per heavy atom. The summed E-state index contributed by atoms with van der Waals surface area (Å²) in [5.41, 5.74) is -0.652. The van der Waals surface area contributed by atoms with Gasteiger partial charge in [0.05, 0.1) is 23.8 Å². The first kappa shape index (κ1) is 25.4. The maximum atomic E-state index is 13.4. The van der Waals surface area contributed by atoms with Gasteiger partial charge < -0.3 is 18.9 Å². The van der Waals surface area contributed by atoms with Crippen LogP contribution in [0, 0.1) is 36.2 Å². The Bertz CT molecular complexity index is 903. The number of esters is 2. The minimum atomic E-state index is -6.08. The summed E-state index contributed by atoms with van der Waals surface area (Å²) in [4.78, 5) is 39.7. The van der Waals surface area contributed by atoms with Crippen LogP contribution in [0.5, 0.6) is 0 Å². The van der Waals surface area contributed by atoms with Crippen LogP contribution in [0.15, 0.2) is 0 Å². The number of fused-ring (bicyclic) bond motifs is 1. The average molecular weight is 732 g/mol. The monoisotopic (exact) mass is 732 g/mol. The Labute approximate surface area is 179 Å². The molecule has 3 rings (SSSR count). The SMILES string of the molecule is CC(C)C(=O)OC1C2CC3C(C(=O)N(C(C)(C)C)C31)C2C(=O)O[CH-]C(F)(F)S(=O)(=O)[O-].[Rf]. The zero-order chi connectivity index (χ0) is 23.7. The van der Waals surface area contributed by atoms with E-state index in [2.05, 4.69) is 4.74 Å². The normalized spacial score (nSPS) is 31.7. The van der Waals surface area contributed by atoms with Gasteiger partial charge in [-0.05, 0) is 33.1 Å². The van der Waals surface area contributed by atoms with Crippen LogP contribution in [-0.2, 0) is 34.0 Å². The maximum absolute atomic E-state index is 13.4. The van der Waals surface area contributed by atoms with Crippen LogP contribution in [0.3, 0.4) is 0 Å². The molecule has 6 atom stereocenters. The summed E-state index contributed by atoms with van der Waals surface area (Å²) < 4.78 is 68.8. The third-order valence-corrected chi connectivity index (χ3v) is 7.00. The zero-order valence-corrected chi connectivity index (χ0v) is 25.6. The van der Waals surface area contributed by atoms with Gasteiger partial charge in [-0.25, -0.2) is 17.2 Å². The van der Waals surface area contributed by atoms with Crippen LogP contribution < -0.4 is 0 Å². The van der Waals surface area contributed by atoms with E-state index in [1.165, 1.54) is 0 Å². The number of rotatable bonds is 6. The van der Waals surface area contributed by atoms with E-state index in [0.717, 1.165) is 0 Å². The molecule has 0 aromatic heterocycles. The number of alkyl halides is 2. The summed E-state index contributed by atoms with van der Waals surface area (Å²) in [5, 5.41) is -4.91. The molecule has 2 aliphatic carbocycles. The second-order valence-corrected chi connectivity index (χ2v) is 11.1. The number of nitrogens with zero attached hydrogens (tertiary/aromatic N) is 1. The number of carbonyl (C=O) groups is 3. The van der Waals surface area contributed by atoms with Crippen molar-refractivity contribution < 1.29 is 45.6 Å². The molecule has 32 heavy (non-hydrogen) atoms. The summed E-state index contributed by atoms with van der Waals surface area (Å²) in [6, 6.07) is -0.457. The van der Waals surface area contributed by atoms with E-state index >= 15 is 0 Å². The molecule has 178 valence electrons. The summed E-state index contributed by atoms with van der Waals surface area (Å²) >= 11 is 0. The Balaban J connectivity index is 0.00000363. The third-order valence-electron chi connectivity index (χ3n) is 6.24. The summed E-state index contributed by atoms with van der Waals surface area (Å²) in [7, 11) is -6.08. The number of halogens is 2. The Kier molecular flexibility index (Phi) is 6.08. The molecule has 3 aliphatic rings. The van der Waals surface area contributed by atoms with E-state index in [9.17, 15) is 36.1 Å². The molecule has 1 heterocycles. The van der Waals surface area contributed by atoms with E-state index in [1.54, 1.807) is 39.5 Å². The van der Waals surface area contributed by atoms with Crippen LogP contribution >= 0.6 is 0 Å². The molecule has 1 amide bonds. The summed E-state index contributed by atoms with van der Waals surface area (Å²) in [5.74, 6) is -5.68. The molecule has 2 saturated carbocycles. The quantitative estimate of drug-likeness (QED) is 0.227. The van der Waals surface area contributed by atoms with Gasteiger partial charge in [-0.1, -0.05) is 20.5 Å². The number of hydrogen-bond donors (Lipinski definition) is 0. The molecule has 1 saturated heterocycles. The van der Waals surface area contributed by atoms with E-state index in [0.29, 0.717) is 6.42 Å². The first-order valence-electron chi connectivity index (χ1n) is 9.91. The van der Waals surface area contributed by atoms with Gasteiger partial charge in [0, 0.05) is 11.5 Å². The fourth-order valence-electron chi connectivity index (χ4n) is 5.10. The number of ether oxygens (including phenoxy) is 2. The van der Waals surface area contributed by atoms with Gasteiger partial charge in [-0.2, -0.15) is 0 Å². The van der Waals surface area contributed by atoms with Gasteiger partial charge in [0.1, 0.15) is 16.2 Å². The van der Waals surface area contributed by atoms with Crippen LogP contribution in [-0.4, -0.2) is 58.7 Å². The van der Waals surface area contributed by atoms with Crippen molar-refractivity contribution in [3.63, 3.8) is 0 Å². The van der Waals surface area contributed by atoms with Gasteiger partial charge in [0.15, 0.2) is 0 Å².